The molecule has 0 aliphatic heterocycles. The highest BCUT2D eigenvalue weighted by Crippen LogP contribution is 2.27. The number of carbonyl (C=O) groups excluding carboxylic acids is 2. The number of nitrogens with one attached hydrogen (secondary N) is 1. The van der Waals surface area contributed by atoms with Gasteiger partial charge in [0.25, 0.3) is 0 Å². The van der Waals surface area contributed by atoms with Crippen molar-refractivity contribution in [3.05, 3.63) is 99.5 Å². The molecule has 5 nitrogen and oxygen atoms in total. The number of nitrogens with zero attached hydrogens (tertiary/aromatic N) is 1. The van der Waals surface area contributed by atoms with Gasteiger partial charge in [-0.25, -0.2) is 0 Å². The van der Waals surface area contributed by atoms with E-state index in [0.717, 1.165) is 22.4 Å². The Morgan fingerprint density at radius 1 is 0.971 bits per heavy atom. The zero-order chi connectivity index (χ0) is 24.7. The van der Waals surface area contributed by atoms with Crippen LogP contribution in [0.15, 0.2) is 72.8 Å². The van der Waals surface area contributed by atoms with Crippen molar-refractivity contribution in [3.63, 3.8) is 0 Å². The number of amides is 2. The van der Waals surface area contributed by atoms with Crippen molar-refractivity contribution in [2.24, 2.45) is 5.92 Å². The SMILES string of the molecule is COc1ccc(CN(C(=O)C(C)C)C(C(=O)NCc2ccc(Cl)cc2Cl)c2ccccc2)cc1. The molecular weight excluding hydrogens is 471 g/mol. The topological polar surface area (TPSA) is 58.6 Å². The van der Waals surface area contributed by atoms with Crippen molar-refractivity contribution < 1.29 is 14.3 Å². The van der Waals surface area contributed by atoms with Crippen LogP contribution in [-0.4, -0.2) is 23.8 Å². The molecule has 0 aromatic heterocycles. The maximum Gasteiger partial charge on any atom is 0.247 e. The van der Waals surface area contributed by atoms with Gasteiger partial charge in [0.2, 0.25) is 11.8 Å². The second kappa shape index (κ2) is 11.9. The summed E-state index contributed by atoms with van der Waals surface area (Å²) in [6.07, 6.45) is 0. The molecule has 3 rings (SSSR count). The summed E-state index contributed by atoms with van der Waals surface area (Å²) in [5.74, 6) is 0.0229. The van der Waals surface area contributed by atoms with Crippen LogP contribution in [0.3, 0.4) is 0 Å². The Morgan fingerprint density at radius 3 is 2.24 bits per heavy atom. The predicted octanol–water partition coefficient (Wildman–Crippen LogP) is 6.04. The summed E-state index contributed by atoms with van der Waals surface area (Å²) < 4.78 is 5.24. The lowest BCUT2D eigenvalue weighted by Gasteiger charge is -2.33. The number of hydrogen-bond donors (Lipinski definition) is 1. The van der Waals surface area contributed by atoms with Crippen LogP contribution in [-0.2, 0) is 22.7 Å². The fourth-order valence-corrected chi connectivity index (χ4v) is 4.08. The Morgan fingerprint density at radius 2 is 1.65 bits per heavy atom. The second-order valence-electron chi connectivity index (χ2n) is 8.24. The minimum absolute atomic E-state index is 0.121. The molecule has 0 fully saturated rings. The smallest absolute Gasteiger partial charge is 0.247 e. The molecule has 1 N–H and O–H groups in total. The van der Waals surface area contributed by atoms with Crippen molar-refractivity contribution >= 4 is 35.0 Å². The molecule has 0 saturated heterocycles. The molecule has 34 heavy (non-hydrogen) atoms. The minimum atomic E-state index is -0.815. The molecule has 1 unspecified atom stereocenters. The van der Waals surface area contributed by atoms with Gasteiger partial charge in [0, 0.05) is 29.1 Å². The zero-order valence-electron chi connectivity index (χ0n) is 19.4. The highest BCUT2D eigenvalue weighted by molar-refractivity contribution is 6.35. The van der Waals surface area contributed by atoms with Crippen molar-refractivity contribution in [1.29, 1.82) is 0 Å². The van der Waals surface area contributed by atoms with E-state index < -0.39 is 6.04 Å². The van der Waals surface area contributed by atoms with Gasteiger partial charge in [0.1, 0.15) is 11.8 Å². The van der Waals surface area contributed by atoms with Gasteiger partial charge >= 0.3 is 0 Å². The van der Waals surface area contributed by atoms with Crippen molar-refractivity contribution in [2.75, 3.05) is 7.11 Å². The van der Waals surface area contributed by atoms with Crippen molar-refractivity contribution in [1.82, 2.24) is 10.2 Å². The zero-order valence-corrected chi connectivity index (χ0v) is 20.9. The average molecular weight is 499 g/mol. The van der Waals surface area contributed by atoms with Gasteiger partial charge in [-0.15, -0.1) is 0 Å². The number of benzene rings is 3. The maximum atomic E-state index is 13.6. The molecule has 0 bridgehead atoms. The quantitative estimate of drug-likeness (QED) is 0.390. The molecule has 2 amide bonds. The predicted molar refractivity (Wildman–Crippen MR) is 136 cm³/mol. The summed E-state index contributed by atoms with van der Waals surface area (Å²) in [6.45, 7) is 4.15. The van der Waals surface area contributed by atoms with Crippen LogP contribution >= 0.6 is 23.2 Å². The normalized spacial score (nSPS) is 11.7. The first-order valence-corrected chi connectivity index (χ1v) is 11.8. The van der Waals surface area contributed by atoms with E-state index in [1.54, 1.807) is 30.2 Å². The van der Waals surface area contributed by atoms with E-state index in [4.69, 9.17) is 27.9 Å². The highest BCUT2D eigenvalue weighted by atomic mass is 35.5. The van der Waals surface area contributed by atoms with Crippen LogP contribution in [0.5, 0.6) is 5.75 Å². The van der Waals surface area contributed by atoms with E-state index in [-0.39, 0.29) is 30.8 Å². The fourth-order valence-electron chi connectivity index (χ4n) is 3.61. The molecule has 0 radical (unpaired) electrons. The second-order valence-corrected chi connectivity index (χ2v) is 9.08. The summed E-state index contributed by atoms with van der Waals surface area (Å²) in [6, 6.07) is 21.1. The Hall–Kier alpha value is -3.02. The average Bonchev–Trinajstić information content (AvgIpc) is 2.83. The first-order valence-electron chi connectivity index (χ1n) is 11.0. The number of halogens is 2. The summed E-state index contributed by atoms with van der Waals surface area (Å²) in [4.78, 5) is 28.5. The van der Waals surface area contributed by atoms with Crippen LogP contribution in [0.1, 0.15) is 36.6 Å². The summed E-state index contributed by atoms with van der Waals surface area (Å²) >= 11 is 12.3. The molecule has 0 aliphatic carbocycles. The minimum Gasteiger partial charge on any atom is -0.497 e. The van der Waals surface area contributed by atoms with Crippen molar-refractivity contribution in [2.45, 2.75) is 33.0 Å². The molecule has 0 heterocycles. The molecule has 3 aromatic rings. The summed E-state index contributed by atoms with van der Waals surface area (Å²) in [5, 5.41) is 3.95. The third-order valence-electron chi connectivity index (χ3n) is 5.43. The van der Waals surface area contributed by atoms with E-state index in [1.165, 1.54) is 0 Å². The molecule has 0 spiro atoms. The van der Waals surface area contributed by atoms with Gasteiger partial charge in [-0.2, -0.15) is 0 Å². The molecule has 0 aliphatic rings. The third kappa shape index (κ3) is 6.52. The number of ether oxygens (including phenoxy) is 1. The monoisotopic (exact) mass is 498 g/mol. The molecule has 7 heteroatoms. The molecule has 0 saturated carbocycles. The highest BCUT2D eigenvalue weighted by Gasteiger charge is 2.32. The van der Waals surface area contributed by atoms with Crippen LogP contribution in [0.2, 0.25) is 10.0 Å². The van der Waals surface area contributed by atoms with Crippen LogP contribution in [0.4, 0.5) is 0 Å². The third-order valence-corrected chi connectivity index (χ3v) is 6.02. The fraction of sp³-hybridized carbons (Fsp3) is 0.259. The van der Waals surface area contributed by atoms with E-state index in [1.807, 2.05) is 68.4 Å². The Kier molecular flexibility index (Phi) is 8.97. The van der Waals surface area contributed by atoms with Crippen LogP contribution in [0, 0.1) is 5.92 Å². The van der Waals surface area contributed by atoms with E-state index in [0.29, 0.717) is 10.0 Å². The van der Waals surface area contributed by atoms with Gasteiger partial charge in [-0.05, 0) is 41.0 Å². The van der Waals surface area contributed by atoms with E-state index in [2.05, 4.69) is 5.32 Å². The standard InChI is InChI=1S/C27H28Cl2N2O3/c1-18(2)27(33)31(17-19-9-13-23(34-3)14-10-19)25(20-7-5-4-6-8-20)26(32)30-16-21-11-12-22(28)15-24(21)29/h4-15,18,25H,16-17H2,1-3H3,(H,30,32). The first kappa shape index (κ1) is 25.6. The number of carbonyl (C=O) groups is 2. The number of methoxy groups -OCH3 is 1. The molecule has 1 atom stereocenters. The maximum absolute atomic E-state index is 13.6. The number of rotatable bonds is 9. The largest absolute Gasteiger partial charge is 0.497 e. The van der Waals surface area contributed by atoms with Gasteiger partial charge < -0.3 is 15.0 Å². The summed E-state index contributed by atoms with van der Waals surface area (Å²) in [7, 11) is 1.60. The molecule has 3 aromatic carbocycles. The van der Waals surface area contributed by atoms with Gasteiger partial charge in [0.15, 0.2) is 0 Å². The van der Waals surface area contributed by atoms with Gasteiger partial charge in [-0.3, -0.25) is 9.59 Å². The lowest BCUT2D eigenvalue weighted by atomic mass is 10.0. The van der Waals surface area contributed by atoms with Gasteiger partial charge in [0.05, 0.1) is 7.11 Å². The Labute approximate surface area is 210 Å². The number of hydrogen-bond acceptors (Lipinski definition) is 3. The Bertz CT molecular complexity index is 1120. The van der Waals surface area contributed by atoms with Crippen molar-refractivity contribution in [3.8, 4) is 5.75 Å². The van der Waals surface area contributed by atoms with Crippen LogP contribution in [0.25, 0.3) is 0 Å². The molecule has 178 valence electrons. The van der Waals surface area contributed by atoms with E-state index >= 15 is 0 Å². The Balaban J connectivity index is 1.93. The first-order chi connectivity index (χ1) is 16.3. The summed E-state index contributed by atoms with van der Waals surface area (Å²) in [5.41, 5.74) is 2.36. The van der Waals surface area contributed by atoms with Gasteiger partial charge in [-0.1, -0.05) is 85.6 Å². The molecular formula is C27H28Cl2N2O3. The van der Waals surface area contributed by atoms with Crippen LogP contribution < -0.4 is 10.1 Å². The van der Waals surface area contributed by atoms with E-state index in [9.17, 15) is 9.59 Å². The lowest BCUT2D eigenvalue weighted by Crippen LogP contribution is -2.44. The lowest BCUT2D eigenvalue weighted by molar-refractivity contribution is -0.144.